The van der Waals surface area contributed by atoms with Crippen molar-refractivity contribution in [2.75, 3.05) is 5.32 Å². The van der Waals surface area contributed by atoms with Crippen LogP contribution in [0.15, 0.2) is 18.7 Å². The molecule has 3 aromatic rings. The Morgan fingerprint density at radius 1 is 1.24 bits per heavy atom. The van der Waals surface area contributed by atoms with Gasteiger partial charge in [0.05, 0.1) is 12.9 Å². The summed E-state index contributed by atoms with van der Waals surface area (Å²) in [6.45, 7) is 0.522. The van der Waals surface area contributed by atoms with Crippen LogP contribution >= 0.6 is 11.6 Å². The summed E-state index contributed by atoms with van der Waals surface area (Å²) in [5.74, 6) is 1.42. The summed E-state index contributed by atoms with van der Waals surface area (Å²) in [7, 11) is 0. The maximum Gasteiger partial charge on any atom is 0.226 e. The maximum atomic E-state index is 5.80. The molecule has 0 fully saturated rings. The summed E-state index contributed by atoms with van der Waals surface area (Å²) in [6.07, 6.45) is 5.00. The van der Waals surface area contributed by atoms with Crippen LogP contribution in [0.5, 0.6) is 0 Å². The summed E-state index contributed by atoms with van der Waals surface area (Å²) in [6, 6.07) is 0. The Hall–Kier alpha value is -2.15. The zero-order valence-corrected chi connectivity index (χ0v) is 9.36. The zero-order chi connectivity index (χ0) is 11.7. The smallest absolute Gasteiger partial charge is 0.226 e. The predicted octanol–water partition coefficient (Wildman–Crippen LogP) is 1.34. The number of H-pyrrole nitrogens is 2. The fraction of sp³-hybridized carbons (Fsp3) is 0.111. The first kappa shape index (κ1) is 10.0. The predicted molar refractivity (Wildman–Crippen MR) is 62.6 cm³/mol. The number of fused-ring (bicyclic) bond motifs is 1. The van der Waals surface area contributed by atoms with Crippen LogP contribution in [-0.2, 0) is 6.54 Å². The summed E-state index contributed by atoms with van der Waals surface area (Å²) in [5, 5.41) is 3.28. The van der Waals surface area contributed by atoms with Crippen LogP contribution in [0.4, 0.5) is 5.82 Å². The molecule has 0 aliphatic heterocycles. The number of hydrogen-bond donors (Lipinski definition) is 3. The van der Waals surface area contributed by atoms with Crippen molar-refractivity contribution < 1.29 is 0 Å². The SMILES string of the molecule is Clc1nc(NCc2ncc[nH]2)c2[nH]cnc2n1. The molecule has 0 aromatic carbocycles. The normalized spacial score (nSPS) is 10.9. The standard InChI is InChI=1S/C9H8ClN7/c10-9-16-7(6-8(17-9)15-4-14-6)13-3-5-11-1-2-12-5/h1-2,4H,3H2,(H,11,12)(H2,13,14,15,16,17). The summed E-state index contributed by atoms with van der Waals surface area (Å²) in [4.78, 5) is 22.2. The Labute approximate surface area is 101 Å². The van der Waals surface area contributed by atoms with E-state index in [9.17, 15) is 0 Å². The van der Waals surface area contributed by atoms with Gasteiger partial charge in [0.15, 0.2) is 11.5 Å². The van der Waals surface area contributed by atoms with Gasteiger partial charge in [0, 0.05) is 12.4 Å². The van der Waals surface area contributed by atoms with Gasteiger partial charge in [0.1, 0.15) is 11.3 Å². The Morgan fingerprint density at radius 2 is 2.18 bits per heavy atom. The van der Waals surface area contributed by atoms with Gasteiger partial charge in [0.2, 0.25) is 5.28 Å². The summed E-state index contributed by atoms with van der Waals surface area (Å²) in [5.41, 5.74) is 1.26. The molecule has 86 valence electrons. The molecule has 0 saturated heterocycles. The van der Waals surface area contributed by atoms with Crippen molar-refractivity contribution in [3.05, 3.63) is 29.8 Å². The fourth-order valence-corrected chi connectivity index (χ4v) is 1.66. The van der Waals surface area contributed by atoms with E-state index in [2.05, 4.69) is 35.2 Å². The molecule has 0 spiro atoms. The first-order valence-electron chi connectivity index (χ1n) is 4.91. The molecule has 0 radical (unpaired) electrons. The lowest BCUT2D eigenvalue weighted by molar-refractivity contribution is 0.987. The van der Waals surface area contributed by atoms with E-state index < -0.39 is 0 Å². The molecule has 3 rings (SSSR count). The number of aromatic amines is 2. The minimum atomic E-state index is 0.159. The monoisotopic (exact) mass is 249 g/mol. The van der Waals surface area contributed by atoms with Gasteiger partial charge in [-0.2, -0.15) is 9.97 Å². The highest BCUT2D eigenvalue weighted by atomic mass is 35.5. The van der Waals surface area contributed by atoms with Crippen LogP contribution in [0.3, 0.4) is 0 Å². The topological polar surface area (TPSA) is 95.2 Å². The van der Waals surface area contributed by atoms with Gasteiger partial charge >= 0.3 is 0 Å². The van der Waals surface area contributed by atoms with E-state index in [0.717, 1.165) is 11.3 Å². The quantitative estimate of drug-likeness (QED) is 0.609. The molecule has 17 heavy (non-hydrogen) atoms. The Kier molecular flexibility index (Phi) is 2.37. The van der Waals surface area contributed by atoms with Crippen molar-refractivity contribution in [2.24, 2.45) is 0 Å². The van der Waals surface area contributed by atoms with E-state index in [1.165, 1.54) is 0 Å². The molecule has 8 heteroatoms. The second kappa shape index (κ2) is 4.02. The van der Waals surface area contributed by atoms with Crippen LogP contribution in [0.25, 0.3) is 11.2 Å². The molecule has 3 N–H and O–H groups in total. The number of anilines is 1. The minimum absolute atomic E-state index is 0.159. The molecular weight excluding hydrogens is 242 g/mol. The van der Waals surface area contributed by atoms with Gasteiger partial charge in [-0.05, 0) is 11.6 Å². The second-order valence-electron chi connectivity index (χ2n) is 3.33. The molecule has 0 aliphatic carbocycles. The Balaban J connectivity index is 1.91. The Morgan fingerprint density at radius 3 is 3.00 bits per heavy atom. The van der Waals surface area contributed by atoms with Crippen molar-refractivity contribution >= 4 is 28.6 Å². The molecule has 3 heterocycles. The Bertz CT molecular complexity index is 630. The molecule has 0 bridgehead atoms. The van der Waals surface area contributed by atoms with E-state index in [4.69, 9.17) is 11.6 Å². The second-order valence-corrected chi connectivity index (χ2v) is 3.67. The van der Waals surface area contributed by atoms with E-state index >= 15 is 0 Å². The molecule has 7 nitrogen and oxygen atoms in total. The van der Waals surface area contributed by atoms with Crippen LogP contribution in [0, 0.1) is 0 Å². The number of imidazole rings is 2. The molecule has 0 saturated carbocycles. The number of rotatable bonds is 3. The van der Waals surface area contributed by atoms with Gasteiger partial charge in [-0.3, -0.25) is 0 Å². The number of nitrogens with zero attached hydrogens (tertiary/aromatic N) is 4. The molecule has 3 aromatic heterocycles. The largest absolute Gasteiger partial charge is 0.361 e. The third-order valence-corrected chi connectivity index (χ3v) is 2.41. The van der Waals surface area contributed by atoms with Crippen LogP contribution in [0.1, 0.15) is 5.82 Å². The van der Waals surface area contributed by atoms with Gasteiger partial charge in [0.25, 0.3) is 0 Å². The first-order valence-corrected chi connectivity index (χ1v) is 5.29. The van der Waals surface area contributed by atoms with Crippen molar-refractivity contribution in [3.8, 4) is 0 Å². The number of hydrogen-bond acceptors (Lipinski definition) is 5. The first-order chi connectivity index (χ1) is 8.33. The number of halogens is 1. The molecular formula is C9H8ClN7. The van der Waals surface area contributed by atoms with Crippen LogP contribution in [-0.4, -0.2) is 29.9 Å². The van der Waals surface area contributed by atoms with Gasteiger partial charge in [-0.1, -0.05) is 0 Å². The third kappa shape index (κ3) is 1.92. The van der Waals surface area contributed by atoms with Crippen molar-refractivity contribution in [2.45, 2.75) is 6.54 Å². The van der Waals surface area contributed by atoms with Crippen LogP contribution < -0.4 is 5.32 Å². The minimum Gasteiger partial charge on any atom is -0.361 e. The van der Waals surface area contributed by atoms with Gasteiger partial charge in [-0.25, -0.2) is 9.97 Å². The van der Waals surface area contributed by atoms with E-state index in [1.54, 1.807) is 18.7 Å². The zero-order valence-electron chi connectivity index (χ0n) is 8.61. The van der Waals surface area contributed by atoms with E-state index in [1.807, 2.05) is 0 Å². The number of nitrogens with one attached hydrogen (secondary N) is 3. The highest BCUT2D eigenvalue weighted by molar-refractivity contribution is 6.28. The highest BCUT2D eigenvalue weighted by Gasteiger charge is 2.08. The van der Waals surface area contributed by atoms with Gasteiger partial charge in [-0.15, -0.1) is 0 Å². The van der Waals surface area contributed by atoms with E-state index in [0.29, 0.717) is 18.0 Å². The fourth-order valence-electron chi connectivity index (χ4n) is 1.50. The lowest BCUT2D eigenvalue weighted by Crippen LogP contribution is -2.04. The average molecular weight is 250 g/mol. The number of aromatic nitrogens is 6. The lowest BCUT2D eigenvalue weighted by atomic mass is 10.4. The average Bonchev–Trinajstić information content (AvgIpc) is 2.95. The van der Waals surface area contributed by atoms with Gasteiger partial charge < -0.3 is 15.3 Å². The molecule has 0 unspecified atom stereocenters. The third-order valence-electron chi connectivity index (χ3n) is 2.24. The van der Waals surface area contributed by atoms with Crippen molar-refractivity contribution in [3.63, 3.8) is 0 Å². The lowest BCUT2D eigenvalue weighted by Gasteiger charge is -2.04. The van der Waals surface area contributed by atoms with E-state index in [-0.39, 0.29) is 5.28 Å². The van der Waals surface area contributed by atoms with Crippen LogP contribution in [0.2, 0.25) is 5.28 Å². The highest BCUT2D eigenvalue weighted by Crippen LogP contribution is 2.18. The van der Waals surface area contributed by atoms with Crippen molar-refractivity contribution in [1.82, 2.24) is 29.9 Å². The molecule has 0 amide bonds. The van der Waals surface area contributed by atoms with Crippen molar-refractivity contribution in [1.29, 1.82) is 0 Å². The maximum absolute atomic E-state index is 5.80. The summed E-state index contributed by atoms with van der Waals surface area (Å²) >= 11 is 5.80. The molecule has 0 aliphatic rings. The molecule has 0 atom stereocenters. The summed E-state index contributed by atoms with van der Waals surface area (Å²) < 4.78 is 0.